The van der Waals surface area contributed by atoms with Crippen molar-refractivity contribution in [2.75, 3.05) is 0 Å². The van der Waals surface area contributed by atoms with Crippen molar-refractivity contribution in [1.82, 2.24) is 4.98 Å². The minimum absolute atomic E-state index is 0.199. The van der Waals surface area contributed by atoms with Gasteiger partial charge in [-0.25, -0.2) is 4.98 Å². The van der Waals surface area contributed by atoms with Gasteiger partial charge in [0.2, 0.25) is 5.88 Å². The number of aromatic nitrogens is 1. The van der Waals surface area contributed by atoms with E-state index in [-0.39, 0.29) is 6.10 Å². The molecule has 0 aromatic carbocycles. The second-order valence-electron chi connectivity index (χ2n) is 4.53. The Morgan fingerprint density at radius 3 is 2.72 bits per heavy atom. The zero-order valence-electron chi connectivity index (χ0n) is 11.2. The molecule has 0 bridgehead atoms. The van der Waals surface area contributed by atoms with E-state index in [1.54, 1.807) is 6.20 Å². The molecule has 0 saturated heterocycles. The van der Waals surface area contributed by atoms with E-state index in [1.807, 2.05) is 12.1 Å². The Bertz CT molecular complexity index is 365. The average Bonchev–Trinajstić information content (AvgIpc) is 2.35. The highest BCUT2D eigenvalue weighted by molar-refractivity contribution is 7.80. The third-order valence-electron chi connectivity index (χ3n) is 2.81. The summed E-state index contributed by atoms with van der Waals surface area (Å²) in [6, 6.07) is 3.66. The number of hydrogen-bond donors (Lipinski definition) is 1. The van der Waals surface area contributed by atoms with Crippen LogP contribution >= 0.6 is 12.2 Å². The first-order valence-corrected chi connectivity index (χ1v) is 6.96. The Hall–Kier alpha value is -1.16. The van der Waals surface area contributed by atoms with Crippen LogP contribution in [0.15, 0.2) is 18.3 Å². The monoisotopic (exact) mass is 266 g/mol. The number of nitrogens with two attached hydrogens (primary N) is 1. The molecule has 100 valence electrons. The van der Waals surface area contributed by atoms with Crippen LogP contribution in [0.25, 0.3) is 0 Å². The number of nitrogens with zero attached hydrogens (tertiary/aromatic N) is 1. The largest absolute Gasteiger partial charge is 0.475 e. The van der Waals surface area contributed by atoms with Gasteiger partial charge in [-0.05, 0) is 25.8 Å². The predicted molar refractivity (Wildman–Crippen MR) is 79.0 cm³/mol. The first-order chi connectivity index (χ1) is 8.63. The van der Waals surface area contributed by atoms with Gasteiger partial charge in [0, 0.05) is 17.8 Å². The molecule has 0 radical (unpaired) electrons. The van der Waals surface area contributed by atoms with Crippen LogP contribution < -0.4 is 10.5 Å². The summed E-state index contributed by atoms with van der Waals surface area (Å²) >= 11 is 4.87. The maximum absolute atomic E-state index is 5.73. The van der Waals surface area contributed by atoms with Gasteiger partial charge in [0.1, 0.15) is 4.99 Å². The minimum Gasteiger partial charge on any atom is -0.475 e. The van der Waals surface area contributed by atoms with Gasteiger partial charge in [0.05, 0.1) is 6.10 Å². The van der Waals surface area contributed by atoms with Gasteiger partial charge in [0.15, 0.2) is 0 Å². The van der Waals surface area contributed by atoms with Crippen molar-refractivity contribution in [2.45, 2.75) is 52.1 Å². The van der Waals surface area contributed by atoms with Crippen LogP contribution in [-0.2, 0) is 0 Å². The maximum atomic E-state index is 5.73. The lowest BCUT2D eigenvalue weighted by atomic mass is 10.1. The van der Waals surface area contributed by atoms with E-state index in [9.17, 15) is 0 Å². The molecule has 2 N–H and O–H groups in total. The molecule has 0 saturated carbocycles. The zero-order valence-corrected chi connectivity index (χ0v) is 12.0. The van der Waals surface area contributed by atoms with Crippen molar-refractivity contribution in [2.24, 2.45) is 5.73 Å². The number of thiocarbonyl (C=S) groups is 1. The fourth-order valence-electron chi connectivity index (χ4n) is 1.72. The Labute approximate surface area is 115 Å². The molecule has 1 unspecified atom stereocenters. The van der Waals surface area contributed by atoms with Crippen LogP contribution in [0.1, 0.15) is 51.5 Å². The van der Waals surface area contributed by atoms with Crippen LogP contribution in [0.3, 0.4) is 0 Å². The van der Waals surface area contributed by atoms with Gasteiger partial charge in [-0.2, -0.15) is 0 Å². The summed E-state index contributed by atoms with van der Waals surface area (Å²) in [6.07, 6.45) is 7.97. The molecule has 18 heavy (non-hydrogen) atoms. The molecule has 1 aromatic heterocycles. The molecular formula is C14H22N2OS. The van der Waals surface area contributed by atoms with Gasteiger partial charge < -0.3 is 10.5 Å². The fraction of sp³-hybridized carbons (Fsp3) is 0.571. The number of unbranched alkanes of at least 4 members (excludes halogenated alkanes) is 3. The van der Waals surface area contributed by atoms with Crippen molar-refractivity contribution in [3.63, 3.8) is 0 Å². The van der Waals surface area contributed by atoms with E-state index < -0.39 is 0 Å². The molecule has 1 aromatic rings. The standard InChI is InChI=1S/C14H22N2OS/c1-3-4-5-6-7-11(2)17-13-9-8-12(10-16-13)14(15)18/h8-11H,3-7H2,1-2H3,(H2,15,18). The van der Waals surface area contributed by atoms with Crippen LogP contribution in [0.5, 0.6) is 5.88 Å². The number of pyridine rings is 1. The third-order valence-corrected chi connectivity index (χ3v) is 3.04. The number of ether oxygens (including phenoxy) is 1. The Morgan fingerprint density at radius 1 is 1.39 bits per heavy atom. The SMILES string of the molecule is CCCCCCC(C)Oc1ccc(C(N)=S)cn1. The Kier molecular flexibility index (Phi) is 6.65. The highest BCUT2D eigenvalue weighted by atomic mass is 32.1. The summed E-state index contributed by atoms with van der Waals surface area (Å²) in [5.74, 6) is 0.637. The van der Waals surface area contributed by atoms with Gasteiger partial charge >= 0.3 is 0 Å². The molecule has 0 aliphatic heterocycles. The van der Waals surface area contributed by atoms with E-state index in [1.165, 1.54) is 25.7 Å². The second kappa shape index (κ2) is 8.03. The van der Waals surface area contributed by atoms with E-state index in [0.29, 0.717) is 10.9 Å². The summed E-state index contributed by atoms with van der Waals surface area (Å²) in [5.41, 5.74) is 6.28. The molecule has 0 aliphatic carbocycles. The Balaban J connectivity index is 2.35. The van der Waals surface area contributed by atoms with Crippen molar-refractivity contribution in [3.8, 4) is 5.88 Å². The van der Waals surface area contributed by atoms with Crippen LogP contribution in [0, 0.1) is 0 Å². The van der Waals surface area contributed by atoms with Crippen molar-refractivity contribution in [1.29, 1.82) is 0 Å². The smallest absolute Gasteiger partial charge is 0.213 e. The molecule has 0 amide bonds. The summed E-state index contributed by atoms with van der Waals surface area (Å²) in [7, 11) is 0. The molecule has 0 spiro atoms. The first kappa shape index (κ1) is 14.9. The zero-order chi connectivity index (χ0) is 13.4. The minimum atomic E-state index is 0.199. The molecule has 1 rings (SSSR count). The van der Waals surface area contributed by atoms with Crippen molar-refractivity contribution < 1.29 is 4.74 Å². The van der Waals surface area contributed by atoms with E-state index in [4.69, 9.17) is 22.7 Å². The van der Waals surface area contributed by atoms with Crippen molar-refractivity contribution in [3.05, 3.63) is 23.9 Å². The highest BCUT2D eigenvalue weighted by Crippen LogP contribution is 2.13. The molecule has 0 aliphatic rings. The maximum Gasteiger partial charge on any atom is 0.213 e. The molecule has 0 fully saturated rings. The summed E-state index contributed by atoms with van der Waals surface area (Å²) in [6.45, 7) is 4.29. The van der Waals surface area contributed by atoms with Crippen molar-refractivity contribution >= 4 is 17.2 Å². The summed E-state index contributed by atoms with van der Waals surface area (Å²) in [5, 5.41) is 0. The lowest BCUT2D eigenvalue weighted by Crippen LogP contribution is -2.13. The van der Waals surface area contributed by atoms with Gasteiger partial charge in [-0.15, -0.1) is 0 Å². The van der Waals surface area contributed by atoms with E-state index in [2.05, 4.69) is 18.8 Å². The molecule has 4 heteroatoms. The quantitative estimate of drug-likeness (QED) is 0.578. The lowest BCUT2D eigenvalue weighted by molar-refractivity contribution is 0.198. The molecule has 3 nitrogen and oxygen atoms in total. The van der Waals surface area contributed by atoms with Crippen LogP contribution in [-0.4, -0.2) is 16.1 Å². The number of hydrogen-bond acceptors (Lipinski definition) is 3. The lowest BCUT2D eigenvalue weighted by Gasteiger charge is -2.13. The summed E-state index contributed by atoms with van der Waals surface area (Å²) in [4.78, 5) is 4.56. The Morgan fingerprint density at radius 2 is 2.17 bits per heavy atom. The van der Waals surface area contributed by atoms with Gasteiger partial charge in [-0.3, -0.25) is 0 Å². The highest BCUT2D eigenvalue weighted by Gasteiger charge is 2.05. The first-order valence-electron chi connectivity index (χ1n) is 6.56. The molecular weight excluding hydrogens is 244 g/mol. The predicted octanol–water partition coefficient (Wildman–Crippen LogP) is 3.45. The van der Waals surface area contributed by atoms with Crippen LogP contribution in [0.4, 0.5) is 0 Å². The average molecular weight is 266 g/mol. The third kappa shape index (κ3) is 5.45. The summed E-state index contributed by atoms with van der Waals surface area (Å²) < 4.78 is 5.73. The topological polar surface area (TPSA) is 48.1 Å². The fourth-order valence-corrected chi connectivity index (χ4v) is 1.84. The van der Waals surface area contributed by atoms with Gasteiger partial charge in [-0.1, -0.05) is 38.4 Å². The van der Waals surface area contributed by atoms with Crippen LogP contribution in [0.2, 0.25) is 0 Å². The number of rotatable bonds is 8. The van der Waals surface area contributed by atoms with E-state index in [0.717, 1.165) is 12.0 Å². The molecule has 1 atom stereocenters. The normalized spacial score (nSPS) is 12.1. The van der Waals surface area contributed by atoms with E-state index >= 15 is 0 Å². The van der Waals surface area contributed by atoms with Gasteiger partial charge in [0.25, 0.3) is 0 Å². The second-order valence-corrected chi connectivity index (χ2v) is 4.97. The molecule has 1 heterocycles.